The Labute approximate surface area is 176 Å². The fourth-order valence-corrected chi connectivity index (χ4v) is 3.86. The summed E-state index contributed by atoms with van der Waals surface area (Å²) in [6, 6.07) is 11.1. The van der Waals surface area contributed by atoms with Gasteiger partial charge in [0.05, 0.1) is 34.6 Å². The number of fused-ring (bicyclic) bond motifs is 3. The van der Waals surface area contributed by atoms with Crippen molar-refractivity contribution < 1.29 is 4.39 Å². The number of hydrogen-bond donors (Lipinski definition) is 1. The van der Waals surface area contributed by atoms with Crippen LogP contribution >= 0.6 is 0 Å². The van der Waals surface area contributed by atoms with E-state index in [1.807, 2.05) is 37.4 Å². The maximum absolute atomic E-state index is 13.6. The Kier molecular flexibility index (Phi) is 4.28. The standard InChI is InChI=1S/C23H19FN6O/c1-13-8-20(24)27-11-18(13)30-22-16-9-14(15-5-7-21(25-2)28-10-15)4-6-17(16)26-12-19(22)29(3)23(30)31/h4-12H,1-3H3,(H,25,28). The zero-order valence-corrected chi connectivity index (χ0v) is 17.2. The number of hydrogen-bond acceptors (Lipinski definition) is 5. The van der Waals surface area contributed by atoms with Crippen LogP contribution in [0.3, 0.4) is 0 Å². The molecule has 0 bridgehead atoms. The molecule has 0 fully saturated rings. The lowest BCUT2D eigenvalue weighted by Gasteiger charge is -2.10. The molecule has 0 spiro atoms. The van der Waals surface area contributed by atoms with Crippen molar-refractivity contribution in [1.29, 1.82) is 0 Å². The largest absolute Gasteiger partial charge is 0.373 e. The number of rotatable bonds is 3. The molecule has 0 saturated carbocycles. The van der Waals surface area contributed by atoms with Crippen molar-refractivity contribution in [2.75, 3.05) is 12.4 Å². The van der Waals surface area contributed by atoms with Crippen LogP contribution in [-0.4, -0.2) is 31.1 Å². The molecular formula is C23H19FN6O. The summed E-state index contributed by atoms with van der Waals surface area (Å²) in [4.78, 5) is 25.9. The van der Waals surface area contributed by atoms with E-state index in [9.17, 15) is 9.18 Å². The predicted molar refractivity (Wildman–Crippen MR) is 119 cm³/mol. The highest BCUT2D eigenvalue weighted by Crippen LogP contribution is 2.30. The first-order valence-corrected chi connectivity index (χ1v) is 9.75. The van der Waals surface area contributed by atoms with Crippen molar-refractivity contribution in [2.24, 2.45) is 7.05 Å². The lowest BCUT2D eigenvalue weighted by Crippen LogP contribution is -2.21. The summed E-state index contributed by atoms with van der Waals surface area (Å²) in [5, 5.41) is 3.82. The average molecular weight is 414 g/mol. The molecule has 154 valence electrons. The summed E-state index contributed by atoms with van der Waals surface area (Å²) in [5.41, 5.74) is 4.95. The van der Waals surface area contributed by atoms with Crippen molar-refractivity contribution in [3.63, 3.8) is 0 Å². The maximum atomic E-state index is 13.6. The van der Waals surface area contributed by atoms with Crippen LogP contribution in [0, 0.1) is 12.9 Å². The number of imidazole rings is 1. The Balaban J connectivity index is 1.84. The SMILES string of the molecule is CNc1ccc(-c2ccc3ncc4c(c3c2)n(-c2cnc(F)cc2C)c(=O)n4C)cn1. The van der Waals surface area contributed by atoms with Gasteiger partial charge in [-0.3, -0.25) is 14.1 Å². The van der Waals surface area contributed by atoms with E-state index in [-0.39, 0.29) is 5.69 Å². The summed E-state index contributed by atoms with van der Waals surface area (Å²) in [7, 11) is 3.52. The first-order valence-electron chi connectivity index (χ1n) is 9.75. The monoisotopic (exact) mass is 414 g/mol. The Hall–Kier alpha value is -4.07. The van der Waals surface area contributed by atoms with Gasteiger partial charge in [-0.25, -0.2) is 14.8 Å². The number of nitrogens with zero attached hydrogens (tertiary/aromatic N) is 5. The molecule has 0 aliphatic carbocycles. The van der Waals surface area contributed by atoms with E-state index in [2.05, 4.69) is 20.3 Å². The quantitative estimate of drug-likeness (QED) is 0.454. The molecule has 4 aromatic heterocycles. The van der Waals surface area contributed by atoms with Crippen molar-refractivity contribution in [1.82, 2.24) is 24.1 Å². The molecule has 0 saturated heterocycles. The Morgan fingerprint density at radius 1 is 0.968 bits per heavy atom. The van der Waals surface area contributed by atoms with E-state index >= 15 is 0 Å². The first-order chi connectivity index (χ1) is 15.0. The van der Waals surface area contributed by atoms with Crippen molar-refractivity contribution >= 4 is 27.8 Å². The van der Waals surface area contributed by atoms with Gasteiger partial charge in [0.2, 0.25) is 5.95 Å². The van der Waals surface area contributed by atoms with Gasteiger partial charge in [0, 0.05) is 31.2 Å². The van der Waals surface area contributed by atoms with Crippen LogP contribution in [0.4, 0.5) is 10.2 Å². The van der Waals surface area contributed by atoms with Gasteiger partial charge in [-0.05, 0) is 48.4 Å². The van der Waals surface area contributed by atoms with E-state index in [1.165, 1.54) is 12.3 Å². The third-order valence-electron chi connectivity index (χ3n) is 5.53. The number of aromatic nitrogens is 5. The lowest BCUT2D eigenvalue weighted by molar-refractivity contribution is 0.581. The molecule has 7 nitrogen and oxygen atoms in total. The third kappa shape index (κ3) is 2.95. The second-order valence-corrected chi connectivity index (χ2v) is 7.38. The van der Waals surface area contributed by atoms with Gasteiger partial charge in [-0.2, -0.15) is 4.39 Å². The molecule has 0 aliphatic heterocycles. The molecule has 5 aromatic rings. The Morgan fingerprint density at radius 2 is 1.77 bits per heavy atom. The maximum Gasteiger partial charge on any atom is 0.333 e. The zero-order valence-electron chi connectivity index (χ0n) is 17.2. The van der Waals surface area contributed by atoms with Crippen LogP contribution in [0.1, 0.15) is 5.56 Å². The number of benzene rings is 1. The molecule has 0 aliphatic rings. The van der Waals surface area contributed by atoms with Gasteiger partial charge in [0.25, 0.3) is 0 Å². The molecule has 8 heteroatoms. The Morgan fingerprint density at radius 3 is 2.48 bits per heavy atom. The molecule has 1 aromatic carbocycles. The fraction of sp³-hybridized carbons (Fsp3) is 0.130. The smallest absolute Gasteiger partial charge is 0.333 e. The number of nitrogens with one attached hydrogen (secondary N) is 1. The second-order valence-electron chi connectivity index (χ2n) is 7.38. The Bertz CT molecular complexity index is 1520. The van der Waals surface area contributed by atoms with Gasteiger partial charge in [0.1, 0.15) is 5.82 Å². The van der Waals surface area contributed by atoms with Crippen LogP contribution in [-0.2, 0) is 7.05 Å². The molecule has 5 rings (SSSR count). The van der Waals surface area contributed by atoms with Gasteiger partial charge < -0.3 is 5.32 Å². The molecular weight excluding hydrogens is 395 g/mol. The van der Waals surface area contributed by atoms with Crippen LogP contribution in [0.2, 0.25) is 0 Å². The minimum atomic E-state index is -0.583. The van der Waals surface area contributed by atoms with Crippen LogP contribution in [0.5, 0.6) is 0 Å². The van der Waals surface area contributed by atoms with Crippen LogP contribution in [0.15, 0.2) is 59.8 Å². The van der Waals surface area contributed by atoms with E-state index in [4.69, 9.17) is 0 Å². The van der Waals surface area contributed by atoms with Crippen molar-refractivity contribution in [3.8, 4) is 16.8 Å². The molecule has 1 N–H and O–H groups in total. The normalized spacial score (nSPS) is 11.4. The van der Waals surface area contributed by atoms with Crippen molar-refractivity contribution in [3.05, 3.63) is 77.0 Å². The molecule has 0 amide bonds. The average Bonchev–Trinajstić information content (AvgIpc) is 3.04. The molecule has 0 unspecified atom stereocenters. The summed E-state index contributed by atoms with van der Waals surface area (Å²) in [6.45, 7) is 1.76. The number of halogens is 1. The van der Waals surface area contributed by atoms with E-state index in [1.54, 1.807) is 35.5 Å². The summed E-state index contributed by atoms with van der Waals surface area (Å²) in [6.07, 6.45) is 4.87. The van der Waals surface area contributed by atoms with Gasteiger partial charge in [0.15, 0.2) is 0 Å². The van der Waals surface area contributed by atoms with Gasteiger partial charge >= 0.3 is 5.69 Å². The topological polar surface area (TPSA) is 77.6 Å². The van der Waals surface area contributed by atoms with E-state index in [0.29, 0.717) is 22.3 Å². The minimum Gasteiger partial charge on any atom is -0.373 e. The van der Waals surface area contributed by atoms with Crippen molar-refractivity contribution in [2.45, 2.75) is 6.92 Å². The number of pyridine rings is 3. The number of aryl methyl sites for hydroxylation is 2. The lowest BCUT2D eigenvalue weighted by atomic mass is 10.0. The minimum absolute atomic E-state index is 0.244. The fourth-order valence-electron chi connectivity index (χ4n) is 3.86. The van der Waals surface area contributed by atoms with E-state index in [0.717, 1.165) is 27.8 Å². The molecule has 0 radical (unpaired) electrons. The molecule has 0 atom stereocenters. The summed E-state index contributed by atoms with van der Waals surface area (Å²) >= 11 is 0. The highest BCUT2D eigenvalue weighted by molar-refractivity contribution is 6.04. The second kappa shape index (κ2) is 7.02. The number of anilines is 1. The first kappa shape index (κ1) is 18.9. The van der Waals surface area contributed by atoms with E-state index < -0.39 is 5.95 Å². The van der Waals surface area contributed by atoms with Gasteiger partial charge in [-0.1, -0.05) is 6.07 Å². The third-order valence-corrected chi connectivity index (χ3v) is 5.53. The zero-order chi connectivity index (χ0) is 21.7. The van der Waals surface area contributed by atoms with Crippen LogP contribution < -0.4 is 11.0 Å². The van der Waals surface area contributed by atoms with Crippen LogP contribution in [0.25, 0.3) is 38.8 Å². The summed E-state index contributed by atoms with van der Waals surface area (Å²) < 4.78 is 16.7. The van der Waals surface area contributed by atoms with Gasteiger partial charge in [-0.15, -0.1) is 0 Å². The molecule has 31 heavy (non-hydrogen) atoms. The highest BCUT2D eigenvalue weighted by atomic mass is 19.1. The predicted octanol–water partition coefficient (Wildman–Crippen LogP) is 3.82. The molecule has 4 heterocycles. The highest BCUT2D eigenvalue weighted by Gasteiger charge is 2.18. The summed E-state index contributed by atoms with van der Waals surface area (Å²) in [5.74, 6) is 0.200.